The van der Waals surface area contributed by atoms with Crippen LogP contribution in [0.1, 0.15) is 37.7 Å². The molecular formula is C22H29FN2O7S. The summed E-state index contributed by atoms with van der Waals surface area (Å²) in [5, 5.41) is 0. The van der Waals surface area contributed by atoms with Crippen LogP contribution in [0.4, 0.5) is 4.39 Å². The Morgan fingerprint density at radius 1 is 1.24 bits per heavy atom. The predicted molar refractivity (Wildman–Crippen MR) is 120 cm³/mol. The highest BCUT2D eigenvalue weighted by Gasteiger charge is 2.21. The molecule has 2 aromatic rings. The number of ether oxygens (including phenoxy) is 3. The monoisotopic (exact) mass is 484 g/mol. The summed E-state index contributed by atoms with van der Waals surface area (Å²) in [7, 11) is -3.39. The van der Waals surface area contributed by atoms with E-state index >= 15 is 0 Å². The lowest BCUT2D eigenvalue weighted by molar-refractivity contribution is 0.0240. The molecule has 0 unspecified atom stereocenters. The normalized spacial score (nSPS) is 15.9. The summed E-state index contributed by atoms with van der Waals surface area (Å²) in [5.41, 5.74) is -0.404. The molecule has 11 heteroatoms. The van der Waals surface area contributed by atoms with E-state index in [0.717, 1.165) is 0 Å². The van der Waals surface area contributed by atoms with E-state index < -0.39 is 26.9 Å². The van der Waals surface area contributed by atoms with Crippen molar-refractivity contribution in [3.63, 3.8) is 0 Å². The fourth-order valence-corrected chi connectivity index (χ4v) is 5.22. The molecule has 2 heterocycles. The quantitative estimate of drug-likeness (QED) is 0.484. The maximum Gasteiger partial charge on any atom is 0.330 e. The van der Waals surface area contributed by atoms with Crippen LogP contribution in [-0.4, -0.2) is 55.4 Å². The van der Waals surface area contributed by atoms with Crippen molar-refractivity contribution in [3.8, 4) is 5.75 Å². The molecule has 9 nitrogen and oxygen atoms in total. The summed E-state index contributed by atoms with van der Waals surface area (Å²) in [6.45, 7) is 2.98. The number of aromatic amines is 1. The Morgan fingerprint density at radius 2 is 2.00 bits per heavy atom. The van der Waals surface area contributed by atoms with E-state index in [1.807, 2.05) is 0 Å². The van der Waals surface area contributed by atoms with Gasteiger partial charge in [-0.25, -0.2) is 17.6 Å². The number of halogens is 1. The van der Waals surface area contributed by atoms with Gasteiger partial charge in [0, 0.05) is 31.7 Å². The lowest BCUT2D eigenvalue weighted by Gasteiger charge is -2.24. The molecule has 3 rings (SSSR count). The van der Waals surface area contributed by atoms with E-state index in [-0.39, 0.29) is 49.0 Å². The summed E-state index contributed by atoms with van der Waals surface area (Å²) in [5.74, 6) is -0.846. The SMILES string of the molecule is C[C@@H](CS(=O)(=O)CCCOCn1ccc(=O)[nH]c1=O)c1ccc(F)c(OC2CCOCC2)c1. The highest BCUT2D eigenvalue weighted by atomic mass is 32.2. The molecule has 1 N–H and O–H groups in total. The number of aromatic nitrogens is 2. The van der Waals surface area contributed by atoms with Crippen LogP contribution in [0.15, 0.2) is 40.1 Å². The summed E-state index contributed by atoms with van der Waals surface area (Å²) in [6.07, 6.45) is 2.82. The zero-order valence-corrected chi connectivity index (χ0v) is 19.3. The fourth-order valence-electron chi connectivity index (χ4n) is 3.54. The number of rotatable bonds is 11. The van der Waals surface area contributed by atoms with Crippen molar-refractivity contribution in [2.75, 3.05) is 31.3 Å². The molecular weight excluding hydrogens is 455 g/mol. The van der Waals surface area contributed by atoms with Gasteiger partial charge in [-0.3, -0.25) is 14.3 Å². The molecule has 1 aromatic carbocycles. The molecule has 1 fully saturated rings. The van der Waals surface area contributed by atoms with Crippen molar-refractivity contribution in [1.29, 1.82) is 0 Å². The van der Waals surface area contributed by atoms with Crippen LogP contribution in [0.2, 0.25) is 0 Å². The maximum atomic E-state index is 14.2. The lowest BCUT2D eigenvalue weighted by Crippen LogP contribution is -2.29. The fraction of sp³-hybridized carbons (Fsp3) is 0.545. The average molecular weight is 485 g/mol. The third kappa shape index (κ3) is 7.79. The third-order valence-electron chi connectivity index (χ3n) is 5.36. The highest BCUT2D eigenvalue weighted by Crippen LogP contribution is 2.27. The van der Waals surface area contributed by atoms with E-state index in [9.17, 15) is 22.4 Å². The third-order valence-corrected chi connectivity index (χ3v) is 7.28. The lowest BCUT2D eigenvalue weighted by atomic mass is 10.0. The molecule has 1 aliphatic heterocycles. The summed E-state index contributed by atoms with van der Waals surface area (Å²) >= 11 is 0. The van der Waals surface area contributed by atoms with Gasteiger partial charge in [0.2, 0.25) is 0 Å². The minimum Gasteiger partial charge on any atom is -0.487 e. The van der Waals surface area contributed by atoms with Crippen molar-refractivity contribution < 1.29 is 27.0 Å². The smallest absolute Gasteiger partial charge is 0.330 e. The minimum absolute atomic E-state index is 0.0789. The van der Waals surface area contributed by atoms with Crippen molar-refractivity contribution in [3.05, 3.63) is 62.7 Å². The Bertz CT molecular complexity index is 1140. The van der Waals surface area contributed by atoms with E-state index in [1.165, 1.54) is 22.9 Å². The van der Waals surface area contributed by atoms with Gasteiger partial charge in [-0.1, -0.05) is 13.0 Å². The van der Waals surface area contributed by atoms with E-state index in [4.69, 9.17) is 14.2 Å². The molecule has 1 aliphatic rings. The predicted octanol–water partition coefficient (Wildman–Crippen LogP) is 1.82. The van der Waals surface area contributed by atoms with Gasteiger partial charge >= 0.3 is 5.69 Å². The van der Waals surface area contributed by atoms with Crippen LogP contribution >= 0.6 is 0 Å². The molecule has 33 heavy (non-hydrogen) atoms. The van der Waals surface area contributed by atoms with Gasteiger partial charge in [-0.05, 0) is 30.0 Å². The molecule has 0 radical (unpaired) electrons. The number of nitrogens with one attached hydrogen (secondary N) is 1. The zero-order valence-electron chi connectivity index (χ0n) is 18.5. The van der Waals surface area contributed by atoms with Gasteiger partial charge in [0.25, 0.3) is 5.56 Å². The van der Waals surface area contributed by atoms with E-state index in [1.54, 1.807) is 19.1 Å². The highest BCUT2D eigenvalue weighted by molar-refractivity contribution is 7.91. The summed E-state index contributed by atoms with van der Waals surface area (Å²) < 4.78 is 56.9. The van der Waals surface area contributed by atoms with Crippen molar-refractivity contribution >= 4 is 9.84 Å². The first-order valence-corrected chi connectivity index (χ1v) is 12.7. The number of benzene rings is 1. The molecule has 0 bridgehead atoms. The first-order chi connectivity index (χ1) is 15.7. The Labute approximate surface area is 191 Å². The Kier molecular flexibility index (Phi) is 8.81. The number of H-pyrrole nitrogens is 1. The molecule has 1 atom stereocenters. The molecule has 182 valence electrons. The van der Waals surface area contributed by atoms with Crippen LogP contribution in [0.5, 0.6) is 5.75 Å². The van der Waals surface area contributed by atoms with Gasteiger partial charge in [-0.15, -0.1) is 0 Å². The second-order valence-electron chi connectivity index (χ2n) is 8.11. The molecule has 0 saturated carbocycles. The van der Waals surface area contributed by atoms with Gasteiger partial charge in [0.1, 0.15) is 12.8 Å². The number of hydrogen-bond acceptors (Lipinski definition) is 7. The van der Waals surface area contributed by atoms with Crippen LogP contribution in [-0.2, 0) is 26.0 Å². The zero-order chi connectivity index (χ0) is 23.8. The molecule has 0 aliphatic carbocycles. The molecule has 1 aromatic heterocycles. The molecule has 1 saturated heterocycles. The van der Waals surface area contributed by atoms with E-state index in [0.29, 0.717) is 31.6 Å². The Hall–Kier alpha value is -2.50. The number of sulfone groups is 1. The standard InChI is InChI=1S/C22H29FN2O7S/c1-16(17-3-4-19(23)20(13-17)32-18-6-10-30-11-7-18)14-33(28,29)12-2-9-31-15-25-8-5-21(26)24-22(25)27/h3-5,8,13,16,18H,2,6-7,9-12,14-15H2,1H3,(H,24,26,27)/t16-/m0/s1. The first kappa shape index (κ1) is 25.1. The topological polar surface area (TPSA) is 117 Å². The van der Waals surface area contributed by atoms with Crippen molar-refractivity contribution in [2.24, 2.45) is 0 Å². The molecule has 0 amide bonds. The second kappa shape index (κ2) is 11.6. The Morgan fingerprint density at radius 3 is 2.73 bits per heavy atom. The largest absolute Gasteiger partial charge is 0.487 e. The van der Waals surface area contributed by atoms with Crippen LogP contribution in [0, 0.1) is 5.82 Å². The summed E-state index contributed by atoms with van der Waals surface area (Å²) in [6, 6.07) is 5.67. The summed E-state index contributed by atoms with van der Waals surface area (Å²) in [4.78, 5) is 24.7. The number of hydrogen-bond donors (Lipinski definition) is 1. The van der Waals surface area contributed by atoms with Crippen molar-refractivity contribution in [1.82, 2.24) is 9.55 Å². The molecule has 0 spiro atoms. The minimum atomic E-state index is -3.39. The van der Waals surface area contributed by atoms with E-state index in [2.05, 4.69) is 4.98 Å². The maximum absolute atomic E-state index is 14.2. The second-order valence-corrected chi connectivity index (χ2v) is 10.3. The first-order valence-electron chi connectivity index (χ1n) is 10.9. The van der Waals surface area contributed by atoms with Crippen LogP contribution < -0.4 is 16.0 Å². The number of nitrogens with zero attached hydrogens (tertiary/aromatic N) is 1. The van der Waals surface area contributed by atoms with Crippen molar-refractivity contribution in [2.45, 2.75) is 44.9 Å². The van der Waals surface area contributed by atoms with Crippen LogP contribution in [0.25, 0.3) is 0 Å². The van der Waals surface area contributed by atoms with Gasteiger partial charge in [-0.2, -0.15) is 0 Å². The Balaban J connectivity index is 1.48. The average Bonchev–Trinajstić information content (AvgIpc) is 2.76. The van der Waals surface area contributed by atoms with Gasteiger partial charge in [0.15, 0.2) is 21.4 Å². The van der Waals surface area contributed by atoms with Gasteiger partial charge in [0.05, 0.1) is 24.7 Å². The van der Waals surface area contributed by atoms with Gasteiger partial charge < -0.3 is 14.2 Å². The van der Waals surface area contributed by atoms with Crippen LogP contribution in [0.3, 0.4) is 0 Å².